The number of thioether (sulfide) groups is 1. The highest BCUT2D eigenvalue weighted by Crippen LogP contribution is 2.21. The second-order valence-electron chi connectivity index (χ2n) is 4.61. The fourth-order valence-corrected chi connectivity index (χ4v) is 3.08. The van der Waals surface area contributed by atoms with Gasteiger partial charge in [0.25, 0.3) is 0 Å². The van der Waals surface area contributed by atoms with E-state index in [2.05, 4.69) is 51.2 Å². The van der Waals surface area contributed by atoms with Crippen molar-refractivity contribution < 1.29 is 0 Å². The first-order chi connectivity index (χ1) is 8.17. The Hall–Kier alpha value is -0.470. The van der Waals surface area contributed by atoms with E-state index in [1.807, 2.05) is 11.8 Å². The second-order valence-corrected chi connectivity index (χ2v) is 5.76. The highest BCUT2D eigenvalue weighted by molar-refractivity contribution is 7.99. The predicted octanol–water partition coefficient (Wildman–Crippen LogP) is 4.10. The minimum atomic E-state index is 0.496. The van der Waals surface area contributed by atoms with E-state index in [1.165, 1.54) is 34.6 Å². The first-order valence-electron chi connectivity index (χ1n) is 6.56. The summed E-state index contributed by atoms with van der Waals surface area (Å²) in [5.41, 5.74) is 4.17. The van der Waals surface area contributed by atoms with Crippen molar-refractivity contribution in [1.29, 1.82) is 0 Å². The van der Waals surface area contributed by atoms with Gasteiger partial charge >= 0.3 is 0 Å². The maximum atomic E-state index is 3.59. The number of hydrogen-bond donors (Lipinski definition) is 1. The molecule has 1 aromatic carbocycles. The summed E-state index contributed by atoms with van der Waals surface area (Å²) in [6.45, 7) is 9.81. The van der Waals surface area contributed by atoms with E-state index in [0.29, 0.717) is 6.04 Å². The standard InChI is InChI=1S/C15H25NS/c1-5-7-17-11-15(16-6-2)14-9-12(3)8-13(4)10-14/h8-10,15-16H,5-7,11H2,1-4H3. The van der Waals surface area contributed by atoms with Crippen molar-refractivity contribution in [3.05, 3.63) is 34.9 Å². The van der Waals surface area contributed by atoms with E-state index < -0.39 is 0 Å². The smallest absolute Gasteiger partial charge is 0.0411 e. The summed E-state index contributed by atoms with van der Waals surface area (Å²) in [4.78, 5) is 0. The molecule has 96 valence electrons. The van der Waals surface area contributed by atoms with Gasteiger partial charge in [0, 0.05) is 11.8 Å². The van der Waals surface area contributed by atoms with Gasteiger partial charge in [-0.05, 0) is 38.1 Å². The lowest BCUT2D eigenvalue weighted by molar-refractivity contribution is 0.605. The highest BCUT2D eigenvalue weighted by Gasteiger charge is 2.10. The average molecular weight is 251 g/mol. The van der Waals surface area contributed by atoms with Crippen LogP contribution >= 0.6 is 11.8 Å². The van der Waals surface area contributed by atoms with Gasteiger partial charge in [-0.15, -0.1) is 0 Å². The van der Waals surface area contributed by atoms with Crippen LogP contribution in [0.4, 0.5) is 0 Å². The monoisotopic (exact) mass is 251 g/mol. The molecule has 1 atom stereocenters. The van der Waals surface area contributed by atoms with Crippen LogP contribution in [0.15, 0.2) is 18.2 Å². The molecule has 1 N–H and O–H groups in total. The highest BCUT2D eigenvalue weighted by atomic mass is 32.2. The molecule has 0 heterocycles. The summed E-state index contributed by atoms with van der Waals surface area (Å²) in [5.74, 6) is 2.43. The van der Waals surface area contributed by atoms with Crippen LogP contribution in [0, 0.1) is 13.8 Å². The molecule has 0 amide bonds. The van der Waals surface area contributed by atoms with E-state index in [1.54, 1.807) is 0 Å². The quantitative estimate of drug-likeness (QED) is 0.732. The summed E-state index contributed by atoms with van der Waals surface area (Å²) < 4.78 is 0. The summed E-state index contributed by atoms with van der Waals surface area (Å²) in [6, 6.07) is 7.36. The van der Waals surface area contributed by atoms with E-state index in [4.69, 9.17) is 0 Å². The summed E-state index contributed by atoms with van der Waals surface area (Å²) in [5, 5.41) is 3.59. The second kappa shape index (κ2) is 7.78. The van der Waals surface area contributed by atoms with Crippen LogP contribution in [0.2, 0.25) is 0 Å². The van der Waals surface area contributed by atoms with E-state index in [-0.39, 0.29) is 0 Å². The molecule has 17 heavy (non-hydrogen) atoms. The lowest BCUT2D eigenvalue weighted by Crippen LogP contribution is -2.23. The van der Waals surface area contributed by atoms with Gasteiger partial charge in [-0.25, -0.2) is 0 Å². The molecule has 0 aliphatic heterocycles. The Morgan fingerprint density at radius 3 is 2.29 bits per heavy atom. The number of nitrogens with one attached hydrogen (secondary N) is 1. The zero-order valence-corrected chi connectivity index (χ0v) is 12.4. The zero-order valence-electron chi connectivity index (χ0n) is 11.5. The van der Waals surface area contributed by atoms with Crippen molar-refractivity contribution in [1.82, 2.24) is 5.32 Å². The van der Waals surface area contributed by atoms with Crippen molar-refractivity contribution >= 4 is 11.8 Å². The number of benzene rings is 1. The molecule has 0 radical (unpaired) electrons. The molecule has 0 spiro atoms. The molecule has 0 fully saturated rings. The minimum Gasteiger partial charge on any atom is -0.310 e. The van der Waals surface area contributed by atoms with Crippen LogP contribution in [-0.2, 0) is 0 Å². The Morgan fingerprint density at radius 1 is 1.12 bits per heavy atom. The number of hydrogen-bond acceptors (Lipinski definition) is 2. The molecular formula is C15H25NS. The Labute approximate surface area is 110 Å². The van der Waals surface area contributed by atoms with E-state index in [9.17, 15) is 0 Å². The Bertz CT molecular complexity index is 315. The predicted molar refractivity (Wildman–Crippen MR) is 79.9 cm³/mol. The van der Waals surface area contributed by atoms with E-state index in [0.717, 1.165) is 6.54 Å². The lowest BCUT2D eigenvalue weighted by atomic mass is 10.0. The number of aryl methyl sites for hydroxylation is 2. The molecule has 2 heteroatoms. The third-order valence-corrected chi connectivity index (χ3v) is 4.00. The van der Waals surface area contributed by atoms with Crippen LogP contribution in [0.5, 0.6) is 0 Å². The van der Waals surface area contributed by atoms with Gasteiger partial charge in [-0.2, -0.15) is 11.8 Å². The van der Waals surface area contributed by atoms with Crippen molar-refractivity contribution in [2.24, 2.45) is 0 Å². The van der Waals surface area contributed by atoms with Crippen molar-refractivity contribution in [2.45, 2.75) is 40.2 Å². The van der Waals surface area contributed by atoms with Crippen molar-refractivity contribution in [2.75, 3.05) is 18.1 Å². The Morgan fingerprint density at radius 2 is 1.76 bits per heavy atom. The van der Waals surface area contributed by atoms with E-state index >= 15 is 0 Å². The van der Waals surface area contributed by atoms with Crippen molar-refractivity contribution in [3.8, 4) is 0 Å². The van der Waals surface area contributed by atoms with Crippen LogP contribution in [0.3, 0.4) is 0 Å². The number of rotatable bonds is 7. The fraction of sp³-hybridized carbons (Fsp3) is 0.600. The minimum absolute atomic E-state index is 0.496. The average Bonchev–Trinajstić information content (AvgIpc) is 2.27. The van der Waals surface area contributed by atoms with Crippen LogP contribution in [-0.4, -0.2) is 18.1 Å². The van der Waals surface area contributed by atoms with Gasteiger partial charge in [-0.1, -0.05) is 43.2 Å². The van der Waals surface area contributed by atoms with Gasteiger partial charge in [0.15, 0.2) is 0 Å². The Balaban J connectivity index is 2.73. The summed E-state index contributed by atoms with van der Waals surface area (Å²) in [6.07, 6.45) is 1.26. The van der Waals surface area contributed by atoms with Gasteiger partial charge in [0.1, 0.15) is 0 Å². The largest absolute Gasteiger partial charge is 0.310 e. The summed E-state index contributed by atoms with van der Waals surface area (Å²) in [7, 11) is 0. The van der Waals surface area contributed by atoms with Gasteiger partial charge in [0.2, 0.25) is 0 Å². The molecule has 0 saturated carbocycles. The molecule has 1 aromatic rings. The molecule has 1 nitrogen and oxygen atoms in total. The lowest BCUT2D eigenvalue weighted by Gasteiger charge is -2.19. The molecule has 0 aliphatic rings. The van der Waals surface area contributed by atoms with Crippen LogP contribution in [0.25, 0.3) is 0 Å². The SMILES string of the molecule is CCCSCC(NCC)c1cc(C)cc(C)c1. The first-order valence-corrected chi connectivity index (χ1v) is 7.72. The van der Waals surface area contributed by atoms with Gasteiger partial charge in [-0.3, -0.25) is 0 Å². The normalized spacial score (nSPS) is 12.7. The van der Waals surface area contributed by atoms with Crippen LogP contribution < -0.4 is 5.32 Å². The molecule has 0 bridgehead atoms. The molecule has 0 aliphatic carbocycles. The van der Waals surface area contributed by atoms with Gasteiger partial charge < -0.3 is 5.32 Å². The molecule has 1 unspecified atom stereocenters. The third-order valence-electron chi connectivity index (χ3n) is 2.73. The maximum absolute atomic E-state index is 3.59. The topological polar surface area (TPSA) is 12.0 Å². The van der Waals surface area contributed by atoms with Crippen molar-refractivity contribution in [3.63, 3.8) is 0 Å². The summed E-state index contributed by atoms with van der Waals surface area (Å²) >= 11 is 2.05. The van der Waals surface area contributed by atoms with Gasteiger partial charge in [0.05, 0.1) is 0 Å². The molecular weight excluding hydrogens is 226 g/mol. The Kier molecular flexibility index (Phi) is 6.68. The first kappa shape index (κ1) is 14.6. The third kappa shape index (κ3) is 5.13. The molecule has 0 saturated heterocycles. The van der Waals surface area contributed by atoms with Crippen LogP contribution in [0.1, 0.15) is 43.0 Å². The fourth-order valence-electron chi connectivity index (χ4n) is 2.08. The molecule has 0 aromatic heterocycles. The zero-order chi connectivity index (χ0) is 12.7. The maximum Gasteiger partial charge on any atom is 0.0411 e. The molecule has 1 rings (SSSR count).